The molecule has 22 heavy (non-hydrogen) atoms. The Bertz CT molecular complexity index is 627. The number of benzene rings is 2. The predicted octanol–water partition coefficient (Wildman–Crippen LogP) is 3.79. The number of aliphatic hydroxyl groups is 1. The second-order valence-corrected chi connectivity index (χ2v) is 6.61. The number of hydrogen-bond donors (Lipinski definition) is 1. The van der Waals surface area contributed by atoms with Crippen molar-refractivity contribution in [1.82, 2.24) is 4.90 Å². The van der Waals surface area contributed by atoms with Gasteiger partial charge in [0.25, 0.3) is 0 Å². The lowest BCUT2D eigenvalue weighted by Gasteiger charge is -2.39. The van der Waals surface area contributed by atoms with Gasteiger partial charge < -0.3 is 5.11 Å². The average Bonchev–Trinajstić information content (AvgIpc) is 2.53. The van der Waals surface area contributed by atoms with Crippen molar-refractivity contribution in [3.8, 4) is 0 Å². The van der Waals surface area contributed by atoms with Gasteiger partial charge in [0.05, 0.1) is 5.60 Å². The fourth-order valence-electron chi connectivity index (χ4n) is 3.43. The second-order valence-electron chi connectivity index (χ2n) is 6.61. The first kappa shape index (κ1) is 15.3. The minimum absolute atomic E-state index is 0.663. The van der Waals surface area contributed by atoms with Crippen molar-refractivity contribution < 1.29 is 5.11 Å². The van der Waals surface area contributed by atoms with Gasteiger partial charge in [-0.2, -0.15) is 0 Å². The van der Waals surface area contributed by atoms with Crippen molar-refractivity contribution >= 4 is 0 Å². The highest BCUT2D eigenvalue weighted by Crippen LogP contribution is 2.35. The molecule has 0 aliphatic carbocycles. The minimum Gasteiger partial charge on any atom is -0.385 e. The van der Waals surface area contributed by atoms with Crippen LogP contribution in [0.2, 0.25) is 0 Å². The molecule has 0 spiro atoms. The van der Waals surface area contributed by atoms with Crippen LogP contribution < -0.4 is 0 Å². The van der Waals surface area contributed by atoms with E-state index in [4.69, 9.17) is 0 Å². The highest BCUT2D eigenvalue weighted by molar-refractivity contribution is 5.35. The van der Waals surface area contributed by atoms with Gasteiger partial charge in [-0.05, 0) is 43.4 Å². The minimum atomic E-state index is -0.663. The maximum Gasteiger partial charge on any atom is 0.0923 e. The van der Waals surface area contributed by atoms with Gasteiger partial charge in [0.2, 0.25) is 0 Å². The molecule has 0 bridgehead atoms. The second kappa shape index (κ2) is 6.23. The molecule has 0 aromatic heterocycles. The molecule has 2 aromatic rings. The lowest BCUT2D eigenvalue weighted by molar-refractivity contribution is -0.0282. The molecule has 3 rings (SSSR count). The Morgan fingerprint density at radius 1 is 1.00 bits per heavy atom. The molecule has 1 aliphatic rings. The first-order valence-electron chi connectivity index (χ1n) is 8.13. The van der Waals surface area contributed by atoms with Crippen LogP contribution in [-0.2, 0) is 12.1 Å². The molecule has 0 radical (unpaired) electrons. The van der Waals surface area contributed by atoms with Crippen LogP contribution in [0.1, 0.15) is 35.1 Å². The maximum atomic E-state index is 11.1. The molecule has 0 amide bonds. The van der Waals surface area contributed by atoms with Crippen molar-refractivity contribution in [2.24, 2.45) is 0 Å². The Balaban J connectivity index is 1.69. The molecular formula is C20H25NO. The zero-order valence-electron chi connectivity index (χ0n) is 13.5. The SMILES string of the molecule is Cc1ccc(C)c(C2(O)CCN(Cc3ccccc3)CC2)c1. The molecule has 1 heterocycles. The Morgan fingerprint density at radius 2 is 1.68 bits per heavy atom. The predicted molar refractivity (Wildman–Crippen MR) is 90.8 cm³/mol. The van der Waals surface area contributed by atoms with E-state index in [1.807, 2.05) is 0 Å². The summed E-state index contributed by atoms with van der Waals surface area (Å²) >= 11 is 0. The third kappa shape index (κ3) is 3.23. The Morgan fingerprint density at radius 3 is 2.36 bits per heavy atom. The summed E-state index contributed by atoms with van der Waals surface area (Å²) in [6, 6.07) is 17.0. The van der Waals surface area contributed by atoms with Crippen LogP contribution in [0.3, 0.4) is 0 Å². The van der Waals surface area contributed by atoms with Crippen LogP contribution in [-0.4, -0.2) is 23.1 Å². The number of likely N-dealkylation sites (tertiary alicyclic amines) is 1. The van der Waals surface area contributed by atoms with Gasteiger partial charge in [-0.25, -0.2) is 0 Å². The van der Waals surface area contributed by atoms with Crippen LogP contribution in [0.5, 0.6) is 0 Å². The van der Waals surface area contributed by atoms with E-state index in [1.54, 1.807) is 0 Å². The molecule has 0 unspecified atom stereocenters. The van der Waals surface area contributed by atoms with E-state index in [2.05, 4.69) is 67.3 Å². The summed E-state index contributed by atoms with van der Waals surface area (Å²) in [6.07, 6.45) is 1.62. The van der Waals surface area contributed by atoms with Gasteiger partial charge in [0.1, 0.15) is 0 Å². The molecule has 2 heteroatoms. The summed E-state index contributed by atoms with van der Waals surface area (Å²) in [4.78, 5) is 2.44. The van der Waals surface area contributed by atoms with Crippen molar-refractivity contribution in [2.75, 3.05) is 13.1 Å². The van der Waals surface area contributed by atoms with Crippen LogP contribution in [0.15, 0.2) is 48.5 Å². The van der Waals surface area contributed by atoms with Gasteiger partial charge >= 0.3 is 0 Å². The lowest BCUT2D eigenvalue weighted by Crippen LogP contribution is -2.42. The van der Waals surface area contributed by atoms with E-state index in [-0.39, 0.29) is 0 Å². The quantitative estimate of drug-likeness (QED) is 0.931. The zero-order valence-corrected chi connectivity index (χ0v) is 13.5. The molecule has 116 valence electrons. The summed E-state index contributed by atoms with van der Waals surface area (Å²) in [5.74, 6) is 0. The fourth-order valence-corrected chi connectivity index (χ4v) is 3.43. The van der Waals surface area contributed by atoms with Gasteiger partial charge in [0.15, 0.2) is 0 Å². The van der Waals surface area contributed by atoms with E-state index in [1.165, 1.54) is 16.7 Å². The summed E-state index contributed by atoms with van der Waals surface area (Å²) < 4.78 is 0. The van der Waals surface area contributed by atoms with Crippen molar-refractivity contribution in [3.63, 3.8) is 0 Å². The molecule has 1 fully saturated rings. The van der Waals surface area contributed by atoms with Gasteiger partial charge in [-0.15, -0.1) is 0 Å². The topological polar surface area (TPSA) is 23.5 Å². The molecular weight excluding hydrogens is 270 g/mol. The summed E-state index contributed by atoms with van der Waals surface area (Å²) in [5.41, 5.74) is 4.22. The van der Waals surface area contributed by atoms with Gasteiger partial charge in [-0.1, -0.05) is 54.1 Å². The van der Waals surface area contributed by atoms with E-state index >= 15 is 0 Å². The van der Waals surface area contributed by atoms with Gasteiger partial charge in [-0.3, -0.25) is 4.90 Å². The Kier molecular flexibility index (Phi) is 4.32. The standard InChI is InChI=1S/C20H25NO/c1-16-8-9-17(2)19(14-16)20(22)10-12-21(13-11-20)15-18-6-4-3-5-7-18/h3-9,14,22H,10-13,15H2,1-2H3. The van der Waals surface area contributed by atoms with E-state index in [9.17, 15) is 5.11 Å². The average molecular weight is 295 g/mol. The first-order valence-corrected chi connectivity index (χ1v) is 8.13. The zero-order chi connectivity index (χ0) is 15.6. The molecule has 0 saturated carbocycles. The molecule has 1 saturated heterocycles. The highest BCUT2D eigenvalue weighted by Gasteiger charge is 2.34. The van der Waals surface area contributed by atoms with Crippen molar-refractivity contribution in [2.45, 2.75) is 38.8 Å². The van der Waals surface area contributed by atoms with Crippen molar-refractivity contribution in [3.05, 3.63) is 70.8 Å². The molecule has 1 aliphatic heterocycles. The summed E-state index contributed by atoms with van der Waals surface area (Å²) in [6.45, 7) is 7.06. The third-order valence-corrected chi connectivity index (χ3v) is 4.83. The fraction of sp³-hybridized carbons (Fsp3) is 0.400. The van der Waals surface area contributed by atoms with Crippen LogP contribution in [0.4, 0.5) is 0 Å². The largest absolute Gasteiger partial charge is 0.385 e. The maximum absolute atomic E-state index is 11.1. The molecule has 2 nitrogen and oxygen atoms in total. The lowest BCUT2D eigenvalue weighted by atomic mass is 9.81. The van der Waals surface area contributed by atoms with E-state index in [0.29, 0.717) is 0 Å². The third-order valence-electron chi connectivity index (χ3n) is 4.83. The van der Waals surface area contributed by atoms with Crippen LogP contribution in [0.25, 0.3) is 0 Å². The van der Waals surface area contributed by atoms with E-state index < -0.39 is 5.60 Å². The number of hydrogen-bond acceptors (Lipinski definition) is 2. The number of piperidine rings is 1. The Labute approximate surface area is 133 Å². The number of nitrogens with zero attached hydrogens (tertiary/aromatic N) is 1. The number of rotatable bonds is 3. The van der Waals surface area contributed by atoms with Crippen LogP contribution in [0, 0.1) is 13.8 Å². The first-order chi connectivity index (χ1) is 10.6. The van der Waals surface area contributed by atoms with Crippen molar-refractivity contribution in [1.29, 1.82) is 0 Å². The normalized spacial score (nSPS) is 18.3. The monoisotopic (exact) mass is 295 g/mol. The smallest absolute Gasteiger partial charge is 0.0923 e. The Hall–Kier alpha value is -1.64. The van der Waals surface area contributed by atoms with Gasteiger partial charge in [0, 0.05) is 19.6 Å². The summed E-state index contributed by atoms with van der Waals surface area (Å²) in [5, 5.41) is 11.1. The highest BCUT2D eigenvalue weighted by atomic mass is 16.3. The molecule has 0 atom stereocenters. The van der Waals surface area contributed by atoms with Crippen LogP contribution >= 0.6 is 0 Å². The van der Waals surface area contributed by atoms with E-state index in [0.717, 1.165) is 38.0 Å². The summed E-state index contributed by atoms with van der Waals surface area (Å²) in [7, 11) is 0. The molecule has 2 aromatic carbocycles. The number of aryl methyl sites for hydroxylation is 2. The molecule has 1 N–H and O–H groups in total.